The second-order valence-electron chi connectivity index (χ2n) is 8.93. The second kappa shape index (κ2) is 6.56. The topological polar surface area (TPSA) is 28.1 Å². The average molecular weight is 391 g/mol. The van der Waals surface area contributed by atoms with Crippen molar-refractivity contribution in [1.82, 2.24) is 9.80 Å². The van der Waals surface area contributed by atoms with Crippen LogP contribution in [0.2, 0.25) is 0 Å². The Morgan fingerprint density at radius 3 is 2.55 bits per heavy atom. The van der Waals surface area contributed by atoms with Gasteiger partial charge in [-0.2, -0.15) is 0 Å². The highest BCUT2D eigenvalue weighted by Gasteiger charge is 2.51. The summed E-state index contributed by atoms with van der Waals surface area (Å²) in [6.45, 7) is 4.98. The van der Waals surface area contributed by atoms with E-state index in [0.717, 1.165) is 31.1 Å². The molecule has 0 amide bonds. The van der Waals surface area contributed by atoms with Crippen molar-refractivity contribution in [2.45, 2.75) is 30.8 Å². The lowest BCUT2D eigenvalue weighted by Crippen LogP contribution is -2.58. The van der Waals surface area contributed by atoms with Crippen LogP contribution in [0, 0.1) is 11.7 Å². The zero-order valence-corrected chi connectivity index (χ0v) is 16.6. The van der Waals surface area contributed by atoms with Gasteiger partial charge in [0.05, 0.1) is 6.04 Å². The molecule has 2 bridgehead atoms. The van der Waals surface area contributed by atoms with Gasteiger partial charge in [-0.3, -0.25) is 0 Å². The Morgan fingerprint density at radius 2 is 1.79 bits per heavy atom. The number of piperidine rings is 3. The van der Waals surface area contributed by atoms with Crippen molar-refractivity contribution in [2.75, 3.05) is 32.8 Å². The van der Waals surface area contributed by atoms with Crippen LogP contribution in [0.5, 0.6) is 0 Å². The maximum atomic E-state index is 13.6. The molecule has 4 nitrogen and oxygen atoms in total. The summed E-state index contributed by atoms with van der Waals surface area (Å²) in [7, 11) is 0. The highest BCUT2D eigenvalue weighted by atomic mass is 19.1. The zero-order chi connectivity index (χ0) is 19.4. The van der Waals surface area contributed by atoms with E-state index in [1.165, 1.54) is 37.1 Å². The molecule has 1 spiro atoms. The molecule has 0 aromatic heterocycles. The van der Waals surface area contributed by atoms with Crippen molar-refractivity contribution in [3.8, 4) is 0 Å². The number of ether oxygens (including phenoxy) is 1. The first-order chi connectivity index (χ1) is 14.2. The third-order valence-electron chi connectivity index (χ3n) is 7.33. The Morgan fingerprint density at radius 1 is 1.00 bits per heavy atom. The first-order valence-corrected chi connectivity index (χ1v) is 10.8. The lowest BCUT2D eigenvalue weighted by Gasteiger charge is -2.48. The van der Waals surface area contributed by atoms with Crippen LogP contribution in [0.4, 0.5) is 4.39 Å². The van der Waals surface area contributed by atoms with E-state index in [9.17, 15) is 4.39 Å². The van der Waals surface area contributed by atoms with Gasteiger partial charge in [0.1, 0.15) is 18.0 Å². The van der Waals surface area contributed by atoms with E-state index in [1.54, 1.807) is 12.1 Å². The van der Waals surface area contributed by atoms with Gasteiger partial charge in [0.25, 0.3) is 6.02 Å². The molecule has 29 heavy (non-hydrogen) atoms. The minimum atomic E-state index is -0.204. The summed E-state index contributed by atoms with van der Waals surface area (Å²) >= 11 is 0. The SMILES string of the molecule is Fc1ccc([C@H]2c3ccccc3CCN2C2=NC3(CO2)CN2CCC3CC2)cc1. The molecule has 2 aromatic rings. The molecule has 0 radical (unpaired) electrons. The molecule has 5 aliphatic heterocycles. The van der Waals surface area contributed by atoms with E-state index < -0.39 is 0 Å². The quantitative estimate of drug-likeness (QED) is 0.743. The van der Waals surface area contributed by atoms with Crippen molar-refractivity contribution >= 4 is 6.02 Å². The molecule has 0 aliphatic carbocycles. The number of aliphatic imine (C=N–C) groups is 1. The lowest BCUT2D eigenvalue weighted by molar-refractivity contribution is 0.0157. The lowest BCUT2D eigenvalue weighted by atomic mass is 9.74. The molecule has 1 unspecified atom stereocenters. The van der Waals surface area contributed by atoms with Crippen molar-refractivity contribution in [1.29, 1.82) is 0 Å². The summed E-state index contributed by atoms with van der Waals surface area (Å²) in [6, 6.07) is 16.3. The molecule has 2 aromatic carbocycles. The molecule has 0 saturated carbocycles. The van der Waals surface area contributed by atoms with Crippen molar-refractivity contribution in [3.63, 3.8) is 0 Å². The molecule has 5 heteroatoms. The minimum absolute atomic E-state index is 0.00975. The van der Waals surface area contributed by atoms with Crippen LogP contribution in [0.3, 0.4) is 0 Å². The molecular formula is C24H26FN3O. The van der Waals surface area contributed by atoms with Crippen LogP contribution in [0.25, 0.3) is 0 Å². The third kappa shape index (κ3) is 2.78. The molecule has 5 heterocycles. The van der Waals surface area contributed by atoms with E-state index in [2.05, 4.69) is 34.1 Å². The Labute approximate surface area is 171 Å². The summed E-state index contributed by atoms with van der Waals surface area (Å²) in [5.74, 6) is 0.427. The summed E-state index contributed by atoms with van der Waals surface area (Å²) in [6.07, 6.45) is 3.42. The largest absolute Gasteiger partial charge is 0.462 e. The molecule has 7 rings (SSSR count). The summed E-state index contributed by atoms with van der Waals surface area (Å²) in [5, 5.41) is 0. The predicted molar refractivity (Wildman–Crippen MR) is 110 cm³/mol. The van der Waals surface area contributed by atoms with E-state index in [-0.39, 0.29) is 17.4 Å². The third-order valence-corrected chi connectivity index (χ3v) is 7.33. The maximum absolute atomic E-state index is 13.6. The van der Waals surface area contributed by atoms with Crippen molar-refractivity contribution < 1.29 is 9.13 Å². The first kappa shape index (κ1) is 17.5. The molecule has 2 atom stereocenters. The number of rotatable bonds is 1. The van der Waals surface area contributed by atoms with Gasteiger partial charge < -0.3 is 14.5 Å². The van der Waals surface area contributed by atoms with Gasteiger partial charge in [-0.15, -0.1) is 0 Å². The zero-order valence-electron chi connectivity index (χ0n) is 16.6. The Hall–Kier alpha value is -2.40. The molecule has 3 saturated heterocycles. The van der Waals surface area contributed by atoms with Crippen molar-refractivity contribution in [2.24, 2.45) is 10.9 Å². The van der Waals surface area contributed by atoms with E-state index in [0.29, 0.717) is 12.5 Å². The fraction of sp³-hybridized carbons (Fsp3) is 0.458. The Bertz CT molecular complexity index is 951. The van der Waals surface area contributed by atoms with Crippen LogP contribution >= 0.6 is 0 Å². The number of nitrogens with zero attached hydrogens (tertiary/aromatic N) is 3. The first-order valence-electron chi connectivity index (χ1n) is 10.8. The summed E-state index contributed by atoms with van der Waals surface area (Å²) < 4.78 is 19.9. The number of amidine groups is 1. The van der Waals surface area contributed by atoms with Gasteiger partial charge in [-0.05, 0) is 67.1 Å². The Balaban J connectivity index is 1.40. The number of hydrogen-bond acceptors (Lipinski definition) is 4. The molecule has 0 N–H and O–H groups in total. The van der Waals surface area contributed by atoms with Crippen LogP contribution in [-0.2, 0) is 11.2 Å². The summed E-state index contributed by atoms with van der Waals surface area (Å²) in [4.78, 5) is 10.1. The smallest absolute Gasteiger partial charge is 0.288 e. The van der Waals surface area contributed by atoms with E-state index in [1.807, 2.05) is 12.1 Å². The average Bonchev–Trinajstić information content (AvgIpc) is 3.17. The fourth-order valence-electron chi connectivity index (χ4n) is 5.80. The predicted octanol–water partition coefficient (Wildman–Crippen LogP) is 3.62. The van der Waals surface area contributed by atoms with Crippen LogP contribution < -0.4 is 0 Å². The van der Waals surface area contributed by atoms with Gasteiger partial charge in [-0.25, -0.2) is 9.38 Å². The number of halogens is 1. The standard InChI is InChI=1S/C24H26FN3O/c25-20-7-5-18(6-8-20)22-21-4-2-1-3-17(21)9-14-28(22)23-26-24(16-29-23)15-27-12-10-19(24)11-13-27/h1-8,19,22H,9-16H2/t22-,24?/m0/s1. The van der Waals surface area contributed by atoms with E-state index in [4.69, 9.17) is 9.73 Å². The molecular weight excluding hydrogens is 365 g/mol. The number of benzene rings is 2. The normalized spacial score (nSPS) is 32.8. The van der Waals surface area contributed by atoms with Crippen molar-refractivity contribution in [3.05, 3.63) is 71.0 Å². The summed E-state index contributed by atoms with van der Waals surface area (Å²) in [5.41, 5.74) is 3.64. The van der Waals surface area contributed by atoms with Gasteiger partial charge in [0.15, 0.2) is 0 Å². The van der Waals surface area contributed by atoms with Crippen LogP contribution in [0.1, 0.15) is 35.6 Å². The monoisotopic (exact) mass is 391 g/mol. The number of hydrogen-bond donors (Lipinski definition) is 0. The fourth-order valence-corrected chi connectivity index (χ4v) is 5.80. The van der Waals surface area contributed by atoms with E-state index >= 15 is 0 Å². The minimum Gasteiger partial charge on any atom is -0.462 e. The Kier molecular flexibility index (Phi) is 3.95. The highest BCUT2D eigenvalue weighted by molar-refractivity contribution is 5.78. The molecule has 150 valence electrons. The van der Waals surface area contributed by atoms with Crippen LogP contribution in [-0.4, -0.2) is 54.1 Å². The highest BCUT2D eigenvalue weighted by Crippen LogP contribution is 2.43. The van der Waals surface area contributed by atoms with Gasteiger partial charge in [0, 0.05) is 13.1 Å². The maximum Gasteiger partial charge on any atom is 0.288 e. The van der Waals surface area contributed by atoms with Gasteiger partial charge in [-0.1, -0.05) is 36.4 Å². The number of fused-ring (bicyclic) bond motifs is 3. The van der Waals surface area contributed by atoms with Gasteiger partial charge >= 0.3 is 0 Å². The second-order valence-corrected chi connectivity index (χ2v) is 8.93. The van der Waals surface area contributed by atoms with Gasteiger partial charge in [0.2, 0.25) is 0 Å². The van der Waals surface area contributed by atoms with Crippen LogP contribution in [0.15, 0.2) is 53.5 Å². The molecule has 3 fully saturated rings. The molecule has 5 aliphatic rings.